The van der Waals surface area contributed by atoms with Crippen molar-refractivity contribution in [2.24, 2.45) is 0 Å². The van der Waals surface area contributed by atoms with Crippen molar-refractivity contribution in [3.63, 3.8) is 0 Å². The molecular formula is C19H16O9. The molecule has 0 spiro atoms. The van der Waals surface area contributed by atoms with Gasteiger partial charge in [0.1, 0.15) is 0 Å². The number of rotatable bonds is 2. The Kier molecular flexibility index (Phi) is 4.15. The second-order valence-electron chi connectivity index (χ2n) is 6.13. The Morgan fingerprint density at radius 2 is 0.679 bits per heavy atom. The molecule has 0 saturated carbocycles. The first-order chi connectivity index (χ1) is 13.1. The van der Waals surface area contributed by atoms with E-state index in [2.05, 4.69) is 0 Å². The molecule has 28 heavy (non-hydrogen) atoms. The highest BCUT2D eigenvalue weighted by molar-refractivity contribution is 5.97. The molecule has 0 atom stereocenters. The lowest BCUT2D eigenvalue weighted by Gasteiger charge is -2.18. The summed E-state index contributed by atoms with van der Waals surface area (Å²) in [7, 11) is 0. The number of hydrogen-bond donors (Lipinski definition) is 9. The van der Waals surface area contributed by atoms with Gasteiger partial charge in [0.25, 0.3) is 0 Å². The summed E-state index contributed by atoms with van der Waals surface area (Å²) in [6.45, 7) is 1.80. The van der Waals surface area contributed by atoms with Crippen molar-refractivity contribution >= 4 is 0 Å². The molecule has 0 fully saturated rings. The van der Waals surface area contributed by atoms with E-state index in [9.17, 15) is 46.0 Å². The molecule has 146 valence electrons. The first-order valence-electron chi connectivity index (χ1n) is 7.83. The van der Waals surface area contributed by atoms with Gasteiger partial charge in [0, 0.05) is 0 Å². The van der Waals surface area contributed by atoms with Crippen molar-refractivity contribution in [3.05, 3.63) is 29.8 Å². The maximum Gasteiger partial charge on any atom is 0.208 e. The molecule has 0 aliphatic heterocycles. The van der Waals surface area contributed by atoms with Gasteiger partial charge in [0.15, 0.2) is 34.5 Å². The van der Waals surface area contributed by atoms with E-state index >= 15 is 0 Å². The summed E-state index contributed by atoms with van der Waals surface area (Å²) >= 11 is 0. The fourth-order valence-electron chi connectivity index (χ4n) is 2.85. The van der Waals surface area contributed by atoms with Gasteiger partial charge in [-0.25, -0.2) is 0 Å². The van der Waals surface area contributed by atoms with Gasteiger partial charge in [0.05, 0.1) is 16.7 Å². The van der Waals surface area contributed by atoms with E-state index in [4.69, 9.17) is 0 Å². The zero-order chi connectivity index (χ0) is 20.9. The largest absolute Gasteiger partial charge is 0.504 e. The van der Waals surface area contributed by atoms with E-state index in [-0.39, 0.29) is 11.1 Å². The number of hydrogen-bond acceptors (Lipinski definition) is 9. The number of aryl methyl sites for hydroxylation is 1. The Morgan fingerprint density at radius 3 is 1.07 bits per heavy atom. The second-order valence-corrected chi connectivity index (χ2v) is 6.13. The molecule has 0 aliphatic rings. The van der Waals surface area contributed by atoms with Gasteiger partial charge in [-0.3, -0.25) is 0 Å². The van der Waals surface area contributed by atoms with Crippen LogP contribution in [0.3, 0.4) is 0 Å². The van der Waals surface area contributed by atoms with Crippen molar-refractivity contribution in [2.45, 2.75) is 6.92 Å². The van der Waals surface area contributed by atoms with Crippen LogP contribution in [-0.2, 0) is 0 Å². The molecule has 0 aliphatic carbocycles. The Labute approximate surface area is 157 Å². The first-order valence-corrected chi connectivity index (χ1v) is 7.83. The van der Waals surface area contributed by atoms with Crippen LogP contribution < -0.4 is 0 Å². The van der Waals surface area contributed by atoms with Crippen molar-refractivity contribution < 1.29 is 46.0 Å². The van der Waals surface area contributed by atoms with Crippen LogP contribution in [0.4, 0.5) is 0 Å². The topological polar surface area (TPSA) is 182 Å². The van der Waals surface area contributed by atoms with Gasteiger partial charge < -0.3 is 46.0 Å². The molecule has 0 bridgehead atoms. The summed E-state index contributed by atoms with van der Waals surface area (Å²) in [5, 5.41) is 90.4. The quantitative estimate of drug-likeness (QED) is 0.235. The Hall–Kier alpha value is -4.14. The Bertz CT molecular complexity index is 1040. The third-order valence-electron chi connectivity index (χ3n) is 4.36. The van der Waals surface area contributed by atoms with Crippen LogP contribution in [-0.4, -0.2) is 46.0 Å². The first kappa shape index (κ1) is 18.6. The van der Waals surface area contributed by atoms with E-state index in [1.54, 1.807) is 19.1 Å². The summed E-state index contributed by atoms with van der Waals surface area (Å²) in [5.74, 6) is -10.2. The second kappa shape index (κ2) is 6.23. The van der Waals surface area contributed by atoms with Gasteiger partial charge >= 0.3 is 0 Å². The number of phenols is 9. The SMILES string of the molecule is Cc1ccc(-c2c(O)c(O)c(-c3c(O)c(O)c(O)c(O)c3O)c(O)c2O)cc1. The van der Waals surface area contributed by atoms with Crippen LogP contribution in [0, 0.1) is 6.92 Å². The standard InChI is InChI=1S/C19H16O9/c1-6-2-4-7(5-3-6)8-11(20)13(22)9(14(23)12(8)21)10-15(24)17(26)19(28)18(27)16(10)25/h2-5,20-28H,1H3. The summed E-state index contributed by atoms with van der Waals surface area (Å²) in [6.07, 6.45) is 0. The molecule has 0 unspecified atom stereocenters. The normalized spacial score (nSPS) is 10.9. The van der Waals surface area contributed by atoms with Crippen molar-refractivity contribution in [1.29, 1.82) is 0 Å². The minimum absolute atomic E-state index is 0.239. The average Bonchev–Trinajstić information content (AvgIpc) is 2.67. The summed E-state index contributed by atoms with van der Waals surface area (Å²) in [6, 6.07) is 6.33. The van der Waals surface area contributed by atoms with E-state index in [0.29, 0.717) is 0 Å². The average molecular weight is 388 g/mol. The predicted octanol–water partition coefficient (Wildman–Crippen LogP) is 2.68. The van der Waals surface area contributed by atoms with E-state index in [1.165, 1.54) is 12.1 Å². The van der Waals surface area contributed by atoms with Crippen LogP contribution >= 0.6 is 0 Å². The van der Waals surface area contributed by atoms with Gasteiger partial charge in [-0.2, -0.15) is 0 Å². The minimum Gasteiger partial charge on any atom is -0.504 e. The summed E-state index contributed by atoms with van der Waals surface area (Å²) in [4.78, 5) is 0. The zero-order valence-electron chi connectivity index (χ0n) is 14.3. The number of aromatic hydroxyl groups is 9. The number of phenolic OH excluding ortho intramolecular Hbond substituents is 9. The van der Waals surface area contributed by atoms with E-state index < -0.39 is 62.9 Å². The molecule has 3 rings (SSSR count). The Balaban J connectivity index is 2.40. The third-order valence-corrected chi connectivity index (χ3v) is 4.36. The lowest BCUT2D eigenvalue weighted by Crippen LogP contribution is -1.90. The van der Waals surface area contributed by atoms with E-state index in [1.807, 2.05) is 0 Å². The maximum absolute atomic E-state index is 10.4. The Morgan fingerprint density at radius 1 is 0.393 bits per heavy atom. The number of benzene rings is 3. The van der Waals surface area contributed by atoms with Gasteiger partial charge in [0.2, 0.25) is 17.2 Å². The van der Waals surface area contributed by atoms with Crippen LogP contribution in [0.25, 0.3) is 22.3 Å². The molecule has 3 aromatic rings. The van der Waals surface area contributed by atoms with Crippen molar-refractivity contribution in [1.82, 2.24) is 0 Å². The highest BCUT2D eigenvalue weighted by atomic mass is 16.4. The maximum atomic E-state index is 10.4. The molecule has 0 aromatic heterocycles. The lowest BCUT2D eigenvalue weighted by atomic mass is 9.93. The molecule has 0 amide bonds. The third kappa shape index (κ3) is 2.49. The molecule has 9 nitrogen and oxygen atoms in total. The highest BCUT2D eigenvalue weighted by Crippen LogP contribution is 2.62. The fourth-order valence-corrected chi connectivity index (χ4v) is 2.85. The van der Waals surface area contributed by atoms with E-state index in [0.717, 1.165) is 5.56 Å². The molecule has 9 N–H and O–H groups in total. The lowest BCUT2D eigenvalue weighted by molar-refractivity contribution is 0.329. The summed E-state index contributed by atoms with van der Waals surface area (Å²) < 4.78 is 0. The van der Waals surface area contributed by atoms with Crippen molar-refractivity contribution in [2.75, 3.05) is 0 Å². The molecular weight excluding hydrogens is 372 g/mol. The highest BCUT2D eigenvalue weighted by Gasteiger charge is 2.32. The monoisotopic (exact) mass is 388 g/mol. The van der Waals surface area contributed by atoms with Gasteiger partial charge in [-0.15, -0.1) is 0 Å². The molecule has 9 heteroatoms. The molecule has 0 saturated heterocycles. The fraction of sp³-hybridized carbons (Fsp3) is 0.0526. The molecule has 0 heterocycles. The van der Waals surface area contributed by atoms with Crippen molar-refractivity contribution in [3.8, 4) is 74.0 Å². The predicted molar refractivity (Wildman–Crippen MR) is 97.0 cm³/mol. The van der Waals surface area contributed by atoms with Crippen LogP contribution in [0.5, 0.6) is 51.7 Å². The van der Waals surface area contributed by atoms with Crippen LogP contribution in [0.2, 0.25) is 0 Å². The van der Waals surface area contributed by atoms with Gasteiger partial charge in [-0.1, -0.05) is 29.8 Å². The van der Waals surface area contributed by atoms with Gasteiger partial charge in [-0.05, 0) is 12.5 Å². The molecule has 3 aromatic carbocycles. The smallest absolute Gasteiger partial charge is 0.208 e. The molecule has 0 radical (unpaired) electrons. The zero-order valence-corrected chi connectivity index (χ0v) is 14.3. The summed E-state index contributed by atoms with van der Waals surface area (Å²) in [5.41, 5.74) is -1.03. The van der Waals surface area contributed by atoms with Crippen LogP contribution in [0.1, 0.15) is 5.56 Å². The van der Waals surface area contributed by atoms with Crippen LogP contribution in [0.15, 0.2) is 24.3 Å². The minimum atomic E-state index is -1.26.